The van der Waals surface area contributed by atoms with Gasteiger partial charge in [0.2, 0.25) is 0 Å². The van der Waals surface area contributed by atoms with Crippen LogP contribution >= 0.6 is 0 Å². The third-order valence-electron chi connectivity index (χ3n) is 2.70. The minimum atomic E-state index is -0.359. The number of aromatic nitrogens is 1. The molecule has 1 aliphatic carbocycles. The van der Waals surface area contributed by atoms with E-state index in [1.807, 2.05) is 6.07 Å². The standard InChI is InChI=1S/C12H14N2/c1-2-10(13)12-8-7-9-5-3-4-6-11(9)14-12/h1,7-8,10H,3-6,13H2. The lowest BCUT2D eigenvalue weighted by Gasteiger charge is -2.16. The third kappa shape index (κ3) is 1.64. The highest BCUT2D eigenvalue weighted by atomic mass is 14.8. The summed E-state index contributed by atoms with van der Waals surface area (Å²) in [7, 11) is 0. The van der Waals surface area contributed by atoms with Crippen molar-refractivity contribution >= 4 is 0 Å². The summed E-state index contributed by atoms with van der Waals surface area (Å²) < 4.78 is 0. The van der Waals surface area contributed by atoms with Gasteiger partial charge in [-0.2, -0.15) is 0 Å². The fourth-order valence-electron chi connectivity index (χ4n) is 1.86. The second kappa shape index (κ2) is 3.81. The summed E-state index contributed by atoms with van der Waals surface area (Å²) in [5.41, 5.74) is 9.11. The van der Waals surface area contributed by atoms with Crippen molar-refractivity contribution in [3.8, 4) is 12.3 Å². The van der Waals surface area contributed by atoms with E-state index in [1.165, 1.54) is 24.1 Å². The molecule has 1 aromatic heterocycles. The van der Waals surface area contributed by atoms with E-state index in [2.05, 4.69) is 17.0 Å². The van der Waals surface area contributed by atoms with E-state index < -0.39 is 0 Å². The summed E-state index contributed by atoms with van der Waals surface area (Å²) in [6, 6.07) is 3.71. The monoisotopic (exact) mass is 186 g/mol. The van der Waals surface area contributed by atoms with Crippen molar-refractivity contribution in [3.63, 3.8) is 0 Å². The Bertz CT molecular complexity index is 376. The lowest BCUT2D eigenvalue weighted by atomic mass is 9.95. The highest BCUT2D eigenvalue weighted by molar-refractivity contribution is 5.28. The Morgan fingerprint density at radius 1 is 1.36 bits per heavy atom. The molecular weight excluding hydrogens is 172 g/mol. The number of nitrogens with two attached hydrogens (primary N) is 1. The van der Waals surface area contributed by atoms with Crippen LogP contribution in [0.5, 0.6) is 0 Å². The van der Waals surface area contributed by atoms with Crippen LogP contribution in [0.2, 0.25) is 0 Å². The Balaban J connectivity index is 2.34. The maximum atomic E-state index is 5.73. The number of terminal acetylenes is 1. The van der Waals surface area contributed by atoms with Gasteiger partial charge < -0.3 is 5.73 Å². The first-order valence-electron chi connectivity index (χ1n) is 5.01. The SMILES string of the molecule is C#CC(N)c1ccc2c(n1)CCCC2. The van der Waals surface area contributed by atoms with E-state index >= 15 is 0 Å². The molecule has 0 bridgehead atoms. The van der Waals surface area contributed by atoms with Crippen molar-refractivity contribution in [1.29, 1.82) is 0 Å². The van der Waals surface area contributed by atoms with Gasteiger partial charge in [-0.15, -0.1) is 6.42 Å². The summed E-state index contributed by atoms with van der Waals surface area (Å²) in [6.45, 7) is 0. The molecule has 1 atom stereocenters. The summed E-state index contributed by atoms with van der Waals surface area (Å²) in [5.74, 6) is 2.50. The van der Waals surface area contributed by atoms with E-state index in [-0.39, 0.29) is 6.04 Å². The van der Waals surface area contributed by atoms with Crippen molar-refractivity contribution in [2.45, 2.75) is 31.7 Å². The number of rotatable bonds is 1. The molecule has 0 aromatic carbocycles. The number of aryl methyl sites for hydroxylation is 2. The molecule has 1 unspecified atom stereocenters. The average Bonchev–Trinajstić information content (AvgIpc) is 2.27. The first-order valence-corrected chi connectivity index (χ1v) is 5.01. The Hall–Kier alpha value is -1.33. The molecule has 0 spiro atoms. The van der Waals surface area contributed by atoms with Gasteiger partial charge in [-0.1, -0.05) is 12.0 Å². The maximum Gasteiger partial charge on any atom is 0.109 e. The normalized spacial score (nSPS) is 16.9. The number of nitrogens with zero attached hydrogens (tertiary/aromatic N) is 1. The molecule has 72 valence electrons. The maximum absolute atomic E-state index is 5.73. The topological polar surface area (TPSA) is 38.9 Å². The molecule has 1 aromatic rings. The third-order valence-corrected chi connectivity index (χ3v) is 2.70. The van der Waals surface area contributed by atoms with Crippen molar-refractivity contribution < 1.29 is 0 Å². The van der Waals surface area contributed by atoms with Crippen LogP contribution in [-0.4, -0.2) is 4.98 Å². The zero-order chi connectivity index (χ0) is 9.97. The summed E-state index contributed by atoms with van der Waals surface area (Å²) in [4.78, 5) is 4.52. The molecule has 2 rings (SSSR count). The highest BCUT2D eigenvalue weighted by Crippen LogP contribution is 2.20. The first-order chi connectivity index (χ1) is 6.81. The lowest BCUT2D eigenvalue weighted by Crippen LogP contribution is -2.13. The van der Waals surface area contributed by atoms with Gasteiger partial charge in [0.1, 0.15) is 6.04 Å². The minimum absolute atomic E-state index is 0.359. The molecule has 0 aliphatic heterocycles. The van der Waals surface area contributed by atoms with Gasteiger partial charge >= 0.3 is 0 Å². The van der Waals surface area contributed by atoms with Crippen molar-refractivity contribution in [2.75, 3.05) is 0 Å². The highest BCUT2D eigenvalue weighted by Gasteiger charge is 2.12. The van der Waals surface area contributed by atoms with Crippen LogP contribution in [0, 0.1) is 12.3 Å². The first kappa shape index (κ1) is 9.23. The summed E-state index contributed by atoms with van der Waals surface area (Å²) >= 11 is 0. The van der Waals surface area contributed by atoms with Crippen LogP contribution in [-0.2, 0) is 12.8 Å². The zero-order valence-corrected chi connectivity index (χ0v) is 8.16. The lowest BCUT2D eigenvalue weighted by molar-refractivity contribution is 0.660. The van der Waals surface area contributed by atoms with Crippen LogP contribution in [0.15, 0.2) is 12.1 Å². The molecule has 0 radical (unpaired) electrons. The molecule has 0 amide bonds. The van der Waals surface area contributed by atoms with Crippen LogP contribution in [0.1, 0.15) is 35.8 Å². The van der Waals surface area contributed by atoms with Crippen LogP contribution in [0.3, 0.4) is 0 Å². The van der Waals surface area contributed by atoms with E-state index in [0.29, 0.717) is 0 Å². The summed E-state index contributed by atoms with van der Waals surface area (Å²) in [5, 5.41) is 0. The molecule has 14 heavy (non-hydrogen) atoms. The fourth-order valence-corrected chi connectivity index (χ4v) is 1.86. The molecule has 0 fully saturated rings. The number of hydrogen-bond donors (Lipinski definition) is 1. The van der Waals surface area contributed by atoms with Crippen LogP contribution in [0.25, 0.3) is 0 Å². The molecule has 0 saturated carbocycles. The smallest absolute Gasteiger partial charge is 0.109 e. The van der Waals surface area contributed by atoms with E-state index in [9.17, 15) is 0 Å². The number of hydrogen-bond acceptors (Lipinski definition) is 2. The predicted molar refractivity (Wildman–Crippen MR) is 56.6 cm³/mol. The fraction of sp³-hybridized carbons (Fsp3) is 0.417. The van der Waals surface area contributed by atoms with E-state index in [0.717, 1.165) is 18.5 Å². The van der Waals surface area contributed by atoms with Crippen LogP contribution in [0.4, 0.5) is 0 Å². The van der Waals surface area contributed by atoms with Gasteiger partial charge in [0.15, 0.2) is 0 Å². The van der Waals surface area contributed by atoms with Crippen molar-refractivity contribution in [3.05, 3.63) is 29.1 Å². The molecular formula is C12H14N2. The quantitative estimate of drug-likeness (QED) is 0.676. The van der Waals surface area contributed by atoms with Crippen molar-refractivity contribution in [1.82, 2.24) is 4.98 Å². The number of fused-ring (bicyclic) bond motifs is 1. The zero-order valence-electron chi connectivity index (χ0n) is 8.16. The average molecular weight is 186 g/mol. The van der Waals surface area contributed by atoms with Gasteiger partial charge in [0, 0.05) is 5.69 Å². The van der Waals surface area contributed by atoms with E-state index in [1.54, 1.807) is 0 Å². The Labute approximate surface area is 84.5 Å². The second-order valence-corrected chi connectivity index (χ2v) is 3.69. The predicted octanol–water partition coefficient (Wildman–Crippen LogP) is 1.59. The molecule has 1 heterocycles. The minimum Gasteiger partial charge on any atom is -0.313 e. The van der Waals surface area contributed by atoms with Gasteiger partial charge in [0.25, 0.3) is 0 Å². The van der Waals surface area contributed by atoms with Gasteiger partial charge in [0.05, 0.1) is 5.69 Å². The summed E-state index contributed by atoms with van der Waals surface area (Å²) in [6.07, 6.45) is 9.99. The molecule has 2 heteroatoms. The van der Waals surface area contributed by atoms with E-state index in [4.69, 9.17) is 12.2 Å². The van der Waals surface area contributed by atoms with Gasteiger partial charge in [-0.05, 0) is 37.3 Å². The Morgan fingerprint density at radius 3 is 2.93 bits per heavy atom. The molecule has 2 nitrogen and oxygen atoms in total. The Morgan fingerprint density at radius 2 is 2.14 bits per heavy atom. The molecule has 0 saturated heterocycles. The molecule has 2 N–H and O–H groups in total. The van der Waals surface area contributed by atoms with Gasteiger partial charge in [-0.3, -0.25) is 4.98 Å². The van der Waals surface area contributed by atoms with Crippen LogP contribution < -0.4 is 5.73 Å². The van der Waals surface area contributed by atoms with Gasteiger partial charge in [-0.25, -0.2) is 0 Å². The van der Waals surface area contributed by atoms with Crippen molar-refractivity contribution in [2.24, 2.45) is 5.73 Å². The Kier molecular flexibility index (Phi) is 2.51. The molecule has 1 aliphatic rings. The largest absolute Gasteiger partial charge is 0.313 e. The number of pyridine rings is 1. The second-order valence-electron chi connectivity index (χ2n) is 3.69.